The molecule has 0 N–H and O–H groups in total. The SMILES string of the molecule is CC1(C)Cc2c(c3c(c4c2OC(C)(C)C4)OC(C)(C)C3)O1. The normalized spacial score (nSPS) is 25.4. The van der Waals surface area contributed by atoms with Crippen molar-refractivity contribution in [2.24, 2.45) is 0 Å². The molecular formula is C18H24O3. The molecule has 0 saturated heterocycles. The lowest BCUT2D eigenvalue weighted by atomic mass is 9.92. The summed E-state index contributed by atoms with van der Waals surface area (Å²) >= 11 is 0. The molecule has 4 rings (SSSR count). The molecule has 0 bridgehead atoms. The van der Waals surface area contributed by atoms with Crippen molar-refractivity contribution in [2.75, 3.05) is 0 Å². The van der Waals surface area contributed by atoms with Crippen LogP contribution in [0.1, 0.15) is 58.2 Å². The van der Waals surface area contributed by atoms with E-state index in [1.807, 2.05) is 0 Å². The zero-order chi connectivity index (χ0) is 15.2. The van der Waals surface area contributed by atoms with Crippen molar-refractivity contribution in [1.29, 1.82) is 0 Å². The molecule has 114 valence electrons. The van der Waals surface area contributed by atoms with E-state index in [1.54, 1.807) is 0 Å². The Hall–Kier alpha value is -1.38. The molecule has 0 aliphatic carbocycles. The summed E-state index contributed by atoms with van der Waals surface area (Å²) in [5.41, 5.74) is 3.28. The first-order chi connectivity index (χ1) is 9.57. The third-order valence-corrected chi connectivity index (χ3v) is 4.59. The van der Waals surface area contributed by atoms with Crippen LogP contribution >= 0.6 is 0 Å². The Kier molecular flexibility index (Phi) is 2.22. The minimum atomic E-state index is -0.159. The highest BCUT2D eigenvalue weighted by atomic mass is 16.5. The highest BCUT2D eigenvalue weighted by Crippen LogP contribution is 2.57. The highest BCUT2D eigenvalue weighted by Gasteiger charge is 2.47. The van der Waals surface area contributed by atoms with Gasteiger partial charge < -0.3 is 14.2 Å². The van der Waals surface area contributed by atoms with Gasteiger partial charge in [-0.05, 0) is 41.5 Å². The predicted molar refractivity (Wildman–Crippen MR) is 81.7 cm³/mol. The summed E-state index contributed by atoms with van der Waals surface area (Å²) in [4.78, 5) is 0. The van der Waals surface area contributed by atoms with Gasteiger partial charge in [-0.15, -0.1) is 0 Å². The molecule has 0 fully saturated rings. The van der Waals surface area contributed by atoms with Crippen LogP contribution in [-0.2, 0) is 19.3 Å². The van der Waals surface area contributed by atoms with Gasteiger partial charge in [-0.1, -0.05) is 0 Å². The van der Waals surface area contributed by atoms with E-state index in [0.717, 1.165) is 36.5 Å². The summed E-state index contributed by atoms with van der Waals surface area (Å²) in [6, 6.07) is 0. The van der Waals surface area contributed by atoms with Crippen molar-refractivity contribution in [3.05, 3.63) is 16.7 Å². The first-order valence-corrected chi connectivity index (χ1v) is 7.85. The van der Waals surface area contributed by atoms with Crippen molar-refractivity contribution in [3.63, 3.8) is 0 Å². The van der Waals surface area contributed by atoms with Crippen LogP contribution < -0.4 is 14.2 Å². The van der Waals surface area contributed by atoms with E-state index in [4.69, 9.17) is 14.2 Å². The number of ether oxygens (including phenoxy) is 3. The molecule has 3 aliphatic heterocycles. The highest BCUT2D eigenvalue weighted by molar-refractivity contribution is 5.68. The zero-order valence-corrected chi connectivity index (χ0v) is 13.8. The maximum Gasteiger partial charge on any atom is 0.134 e. The van der Waals surface area contributed by atoms with Gasteiger partial charge in [0.2, 0.25) is 0 Å². The third kappa shape index (κ3) is 1.86. The molecule has 1 aromatic rings. The van der Waals surface area contributed by atoms with Crippen LogP contribution in [0.25, 0.3) is 0 Å². The lowest BCUT2D eigenvalue weighted by Crippen LogP contribution is -2.26. The topological polar surface area (TPSA) is 27.7 Å². The largest absolute Gasteiger partial charge is 0.487 e. The molecule has 3 heteroatoms. The van der Waals surface area contributed by atoms with Gasteiger partial charge >= 0.3 is 0 Å². The van der Waals surface area contributed by atoms with E-state index in [2.05, 4.69) is 41.5 Å². The molecule has 3 heterocycles. The van der Waals surface area contributed by atoms with Crippen molar-refractivity contribution in [3.8, 4) is 17.2 Å². The number of rotatable bonds is 0. The molecule has 21 heavy (non-hydrogen) atoms. The van der Waals surface area contributed by atoms with Crippen molar-refractivity contribution < 1.29 is 14.2 Å². The van der Waals surface area contributed by atoms with Crippen LogP contribution in [0.3, 0.4) is 0 Å². The summed E-state index contributed by atoms with van der Waals surface area (Å²) < 4.78 is 18.8. The van der Waals surface area contributed by atoms with Gasteiger partial charge in [0, 0.05) is 36.0 Å². The fourth-order valence-corrected chi connectivity index (χ4v) is 3.92. The second-order valence-corrected chi connectivity index (χ2v) is 8.54. The molecule has 1 aromatic carbocycles. The van der Waals surface area contributed by atoms with E-state index >= 15 is 0 Å². The molecule has 0 radical (unpaired) electrons. The summed E-state index contributed by atoms with van der Waals surface area (Å²) in [5.74, 6) is 3.08. The third-order valence-electron chi connectivity index (χ3n) is 4.59. The number of benzene rings is 1. The van der Waals surface area contributed by atoms with Crippen LogP contribution in [0.2, 0.25) is 0 Å². The maximum atomic E-state index is 6.26. The van der Waals surface area contributed by atoms with Gasteiger partial charge in [0.25, 0.3) is 0 Å². The van der Waals surface area contributed by atoms with E-state index in [-0.39, 0.29) is 16.8 Å². The Morgan fingerprint density at radius 1 is 0.524 bits per heavy atom. The number of hydrogen-bond donors (Lipinski definition) is 0. The van der Waals surface area contributed by atoms with Gasteiger partial charge in [-0.2, -0.15) is 0 Å². The van der Waals surface area contributed by atoms with Crippen molar-refractivity contribution in [2.45, 2.75) is 77.6 Å². The predicted octanol–water partition coefficient (Wildman–Crippen LogP) is 3.83. The first-order valence-electron chi connectivity index (χ1n) is 7.85. The summed E-state index contributed by atoms with van der Waals surface area (Å²) in [6.45, 7) is 12.9. The Balaban J connectivity index is 1.96. The average Bonchev–Trinajstić information content (AvgIpc) is 2.88. The summed E-state index contributed by atoms with van der Waals surface area (Å²) in [7, 11) is 0. The standard InChI is InChI=1S/C18H24O3/c1-16(2)7-10-13(19-16)11-8-17(3,4)21-15(11)12-9-18(5,6)20-14(10)12/h7-9H2,1-6H3. The summed E-state index contributed by atoms with van der Waals surface area (Å²) in [5, 5.41) is 0. The Labute approximate surface area is 126 Å². The lowest BCUT2D eigenvalue weighted by Gasteiger charge is -2.18. The van der Waals surface area contributed by atoms with Crippen LogP contribution in [-0.4, -0.2) is 16.8 Å². The van der Waals surface area contributed by atoms with E-state index in [9.17, 15) is 0 Å². The van der Waals surface area contributed by atoms with E-state index < -0.39 is 0 Å². The van der Waals surface area contributed by atoms with Gasteiger partial charge in [0.15, 0.2) is 0 Å². The van der Waals surface area contributed by atoms with Gasteiger partial charge in [-0.3, -0.25) is 0 Å². The molecule has 0 spiro atoms. The Morgan fingerprint density at radius 3 is 1.00 bits per heavy atom. The van der Waals surface area contributed by atoms with Gasteiger partial charge in [-0.25, -0.2) is 0 Å². The van der Waals surface area contributed by atoms with Crippen LogP contribution in [0.15, 0.2) is 0 Å². The molecule has 3 nitrogen and oxygen atoms in total. The smallest absolute Gasteiger partial charge is 0.134 e. The number of fused-ring (bicyclic) bond motifs is 6. The van der Waals surface area contributed by atoms with Crippen molar-refractivity contribution >= 4 is 0 Å². The van der Waals surface area contributed by atoms with E-state index in [0.29, 0.717) is 0 Å². The maximum absolute atomic E-state index is 6.26. The summed E-state index contributed by atoms with van der Waals surface area (Å²) in [6.07, 6.45) is 2.73. The molecular weight excluding hydrogens is 264 g/mol. The zero-order valence-electron chi connectivity index (χ0n) is 13.8. The molecule has 0 aromatic heterocycles. The van der Waals surface area contributed by atoms with Gasteiger partial charge in [0.1, 0.15) is 34.1 Å². The molecule has 0 atom stereocenters. The quantitative estimate of drug-likeness (QED) is 0.726. The minimum Gasteiger partial charge on any atom is -0.487 e. The van der Waals surface area contributed by atoms with Crippen LogP contribution in [0, 0.1) is 0 Å². The molecule has 0 saturated carbocycles. The second kappa shape index (κ2) is 3.50. The van der Waals surface area contributed by atoms with Gasteiger partial charge in [0.05, 0.1) is 0 Å². The second-order valence-electron chi connectivity index (χ2n) is 8.54. The Bertz CT molecular complexity index is 492. The lowest BCUT2D eigenvalue weighted by molar-refractivity contribution is 0.133. The van der Waals surface area contributed by atoms with Crippen molar-refractivity contribution in [1.82, 2.24) is 0 Å². The van der Waals surface area contributed by atoms with Crippen LogP contribution in [0.4, 0.5) is 0 Å². The molecule has 3 aliphatic rings. The first kappa shape index (κ1) is 13.3. The Morgan fingerprint density at radius 2 is 0.762 bits per heavy atom. The molecule has 0 unspecified atom stereocenters. The monoisotopic (exact) mass is 288 g/mol. The van der Waals surface area contributed by atoms with E-state index in [1.165, 1.54) is 16.7 Å². The van der Waals surface area contributed by atoms with Crippen LogP contribution in [0.5, 0.6) is 17.2 Å². The average molecular weight is 288 g/mol. The fraction of sp³-hybridized carbons (Fsp3) is 0.667. The number of hydrogen-bond acceptors (Lipinski definition) is 3. The molecule has 0 amide bonds. The minimum absolute atomic E-state index is 0.159. The fourth-order valence-electron chi connectivity index (χ4n) is 3.92.